The van der Waals surface area contributed by atoms with Gasteiger partial charge in [0.15, 0.2) is 0 Å². The molecule has 1 amide bonds. The van der Waals surface area contributed by atoms with Crippen molar-refractivity contribution in [1.82, 2.24) is 4.98 Å². The van der Waals surface area contributed by atoms with Crippen molar-refractivity contribution in [3.05, 3.63) is 28.5 Å². The van der Waals surface area contributed by atoms with Crippen LogP contribution in [-0.2, 0) is 6.42 Å². The van der Waals surface area contributed by atoms with Crippen molar-refractivity contribution in [2.24, 2.45) is 5.73 Å². The molecule has 0 aliphatic carbocycles. The fourth-order valence-electron chi connectivity index (χ4n) is 1.03. The maximum atomic E-state index is 10.9. The molecule has 2 N–H and O–H groups in total. The Morgan fingerprint density at radius 1 is 1.75 bits per heavy atom. The van der Waals surface area contributed by atoms with Crippen molar-refractivity contribution < 1.29 is 4.79 Å². The SMILES string of the molecule is CCc1c(C(N)=O)ccnc1Cl. The predicted molar refractivity (Wildman–Crippen MR) is 47.1 cm³/mol. The van der Waals surface area contributed by atoms with Gasteiger partial charge in [0.1, 0.15) is 5.15 Å². The Bertz CT molecular complexity index is 312. The number of nitrogens with two attached hydrogens (primary N) is 1. The average molecular weight is 185 g/mol. The van der Waals surface area contributed by atoms with Crippen LogP contribution in [0.5, 0.6) is 0 Å². The zero-order valence-electron chi connectivity index (χ0n) is 6.67. The Labute approximate surface area is 75.6 Å². The zero-order valence-corrected chi connectivity index (χ0v) is 7.43. The maximum Gasteiger partial charge on any atom is 0.249 e. The number of primary amides is 1. The summed E-state index contributed by atoms with van der Waals surface area (Å²) in [5.41, 5.74) is 6.30. The summed E-state index contributed by atoms with van der Waals surface area (Å²) in [6.45, 7) is 1.90. The molecular formula is C8H9ClN2O. The molecule has 0 saturated heterocycles. The summed E-state index contributed by atoms with van der Waals surface area (Å²) in [7, 11) is 0. The van der Waals surface area contributed by atoms with Gasteiger partial charge in [0.25, 0.3) is 0 Å². The standard InChI is InChI=1S/C8H9ClN2O/c1-2-5-6(8(10)12)3-4-11-7(5)9/h3-4H,2H2,1H3,(H2,10,12). The summed E-state index contributed by atoms with van der Waals surface area (Å²) >= 11 is 5.75. The van der Waals surface area contributed by atoms with Gasteiger partial charge in [0.2, 0.25) is 5.91 Å². The third-order valence-electron chi connectivity index (χ3n) is 1.62. The minimum atomic E-state index is -0.462. The molecule has 0 spiro atoms. The highest BCUT2D eigenvalue weighted by Crippen LogP contribution is 2.17. The van der Waals surface area contributed by atoms with E-state index >= 15 is 0 Å². The lowest BCUT2D eigenvalue weighted by atomic mass is 10.1. The highest BCUT2D eigenvalue weighted by atomic mass is 35.5. The number of amides is 1. The smallest absolute Gasteiger partial charge is 0.249 e. The Hall–Kier alpha value is -1.09. The van der Waals surface area contributed by atoms with Crippen LogP contribution >= 0.6 is 11.6 Å². The number of hydrogen-bond donors (Lipinski definition) is 1. The molecule has 1 aromatic heterocycles. The first kappa shape index (κ1) is 9.00. The lowest BCUT2D eigenvalue weighted by Gasteiger charge is -2.04. The molecule has 0 atom stereocenters. The maximum absolute atomic E-state index is 10.9. The molecule has 0 fully saturated rings. The lowest BCUT2D eigenvalue weighted by molar-refractivity contribution is 0.0999. The molecule has 1 rings (SSSR count). The minimum absolute atomic E-state index is 0.355. The second kappa shape index (κ2) is 3.54. The summed E-state index contributed by atoms with van der Waals surface area (Å²) in [5, 5.41) is 0.355. The van der Waals surface area contributed by atoms with Crippen molar-refractivity contribution in [1.29, 1.82) is 0 Å². The number of halogens is 1. The second-order valence-corrected chi connectivity index (χ2v) is 2.70. The first-order valence-corrected chi connectivity index (χ1v) is 3.97. The fourth-order valence-corrected chi connectivity index (χ4v) is 1.33. The highest BCUT2D eigenvalue weighted by molar-refractivity contribution is 6.30. The van der Waals surface area contributed by atoms with E-state index < -0.39 is 5.91 Å². The van der Waals surface area contributed by atoms with E-state index in [0.717, 1.165) is 0 Å². The fraction of sp³-hybridized carbons (Fsp3) is 0.250. The van der Waals surface area contributed by atoms with Gasteiger partial charge in [-0.3, -0.25) is 4.79 Å². The molecule has 0 radical (unpaired) electrons. The zero-order chi connectivity index (χ0) is 9.14. The molecule has 3 nitrogen and oxygen atoms in total. The molecule has 0 unspecified atom stereocenters. The molecule has 0 aliphatic rings. The van der Waals surface area contributed by atoms with Crippen LogP contribution in [0.1, 0.15) is 22.8 Å². The van der Waals surface area contributed by atoms with E-state index in [1.165, 1.54) is 6.20 Å². The van der Waals surface area contributed by atoms with Gasteiger partial charge in [-0.15, -0.1) is 0 Å². The summed E-state index contributed by atoms with van der Waals surface area (Å²) in [5.74, 6) is -0.462. The van der Waals surface area contributed by atoms with Crippen molar-refractivity contribution in [2.75, 3.05) is 0 Å². The van der Waals surface area contributed by atoms with Gasteiger partial charge < -0.3 is 5.73 Å². The normalized spacial score (nSPS) is 9.83. The molecule has 0 saturated carbocycles. The van der Waals surface area contributed by atoms with Crippen molar-refractivity contribution in [2.45, 2.75) is 13.3 Å². The van der Waals surface area contributed by atoms with Crippen LogP contribution < -0.4 is 5.73 Å². The van der Waals surface area contributed by atoms with Gasteiger partial charge in [-0.25, -0.2) is 4.98 Å². The van der Waals surface area contributed by atoms with E-state index in [4.69, 9.17) is 17.3 Å². The van der Waals surface area contributed by atoms with E-state index in [1.807, 2.05) is 6.92 Å². The quantitative estimate of drug-likeness (QED) is 0.707. The number of aromatic nitrogens is 1. The van der Waals surface area contributed by atoms with Gasteiger partial charge in [-0.2, -0.15) is 0 Å². The first-order valence-electron chi connectivity index (χ1n) is 3.60. The topological polar surface area (TPSA) is 56.0 Å². The number of carbonyl (C=O) groups is 1. The van der Waals surface area contributed by atoms with Crippen LogP contribution in [0, 0.1) is 0 Å². The molecule has 1 heterocycles. The van der Waals surface area contributed by atoms with Gasteiger partial charge >= 0.3 is 0 Å². The number of nitrogens with zero attached hydrogens (tertiary/aromatic N) is 1. The van der Waals surface area contributed by atoms with Crippen LogP contribution in [0.25, 0.3) is 0 Å². The molecule has 0 aliphatic heterocycles. The summed E-state index contributed by atoms with van der Waals surface area (Å²) < 4.78 is 0. The highest BCUT2D eigenvalue weighted by Gasteiger charge is 2.09. The molecule has 64 valence electrons. The molecule has 0 bridgehead atoms. The first-order chi connectivity index (χ1) is 5.66. The molecule has 12 heavy (non-hydrogen) atoms. The van der Waals surface area contributed by atoms with Crippen LogP contribution in [0.3, 0.4) is 0 Å². The summed E-state index contributed by atoms with van der Waals surface area (Å²) in [6, 6.07) is 1.58. The van der Waals surface area contributed by atoms with E-state index in [1.54, 1.807) is 6.07 Å². The third kappa shape index (κ3) is 1.56. The number of hydrogen-bond acceptors (Lipinski definition) is 2. The predicted octanol–water partition coefficient (Wildman–Crippen LogP) is 1.40. The van der Waals surface area contributed by atoms with Crippen molar-refractivity contribution in [3.8, 4) is 0 Å². The van der Waals surface area contributed by atoms with Gasteiger partial charge in [0, 0.05) is 17.3 Å². The monoisotopic (exact) mass is 184 g/mol. The Kier molecular flexibility index (Phi) is 2.65. The van der Waals surface area contributed by atoms with Crippen LogP contribution in [-0.4, -0.2) is 10.9 Å². The van der Waals surface area contributed by atoms with Gasteiger partial charge in [0.05, 0.1) is 0 Å². The van der Waals surface area contributed by atoms with E-state index in [-0.39, 0.29) is 0 Å². The second-order valence-electron chi connectivity index (χ2n) is 2.35. The Morgan fingerprint density at radius 3 is 2.83 bits per heavy atom. The molecule has 4 heteroatoms. The van der Waals surface area contributed by atoms with Crippen LogP contribution in [0.15, 0.2) is 12.3 Å². The van der Waals surface area contributed by atoms with E-state index in [0.29, 0.717) is 22.7 Å². The van der Waals surface area contributed by atoms with Crippen molar-refractivity contribution in [3.63, 3.8) is 0 Å². The van der Waals surface area contributed by atoms with Gasteiger partial charge in [-0.1, -0.05) is 18.5 Å². The Balaban J connectivity index is 3.27. The number of pyridine rings is 1. The van der Waals surface area contributed by atoms with Gasteiger partial charge in [-0.05, 0) is 12.5 Å². The number of carbonyl (C=O) groups excluding carboxylic acids is 1. The lowest BCUT2D eigenvalue weighted by Crippen LogP contribution is -2.14. The third-order valence-corrected chi connectivity index (χ3v) is 1.95. The van der Waals surface area contributed by atoms with E-state index in [2.05, 4.69) is 4.98 Å². The molecule has 1 aromatic rings. The van der Waals surface area contributed by atoms with Crippen molar-refractivity contribution >= 4 is 17.5 Å². The average Bonchev–Trinajstić information content (AvgIpc) is 2.03. The Morgan fingerprint density at radius 2 is 2.42 bits per heavy atom. The number of rotatable bonds is 2. The molecule has 0 aromatic carbocycles. The van der Waals surface area contributed by atoms with Crippen LogP contribution in [0.2, 0.25) is 5.15 Å². The largest absolute Gasteiger partial charge is 0.366 e. The minimum Gasteiger partial charge on any atom is -0.366 e. The summed E-state index contributed by atoms with van der Waals surface area (Å²) in [6.07, 6.45) is 2.13. The van der Waals surface area contributed by atoms with E-state index in [9.17, 15) is 4.79 Å². The van der Waals surface area contributed by atoms with Crippen LogP contribution in [0.4, 0.5) is 0 Å². The molecular weight excluding hydrogens is 176 g/mol. The summed E-state index contributed by atoms with van der Waals surface area (Å²) in [4.78, 5) is 14.7.